The number of unbranched alkanes of at least 4 members (excludes halogenated alkanes) is 16. The van der Waals surface area contributed by atoms with Gasteiger partial charge in [-0.05, 0) is 157 Å². The number of carbonyl (C=O) groups excluding carboxylic acids is 4. The van der Waals surface area contributed by atoms with E-state index in [1.54, 1.807) is 0 Å². The molecule has 4 atom stereocenters. The number of rotatable bonds is 49. The first-order valence-corrected chi connectivity index (χ1v) is 30.6. The lowest BCUT2D eigenvalue weighted by molar-refractivity contribution is -0.173. The van der Waals surface area contributed by atoms with E-state index in [9.17, 15) is 19.2 Å². The van der Waals surface area contributed by atoms with Crippen molar-refractivity contribution in [1.82, 2.24) is 4.90 Å². The van der Waals surface area contributed by atoms with Crippen molar-refractivity contribution in [2.75, 3.05) is 59.3 Å². The van der Waals surface area contributed by atoms with Crippen LogP contribution in [0.4, 0.5) is 0 Å². The first kappa shape index (κ1) is 64.0. The molecule has 0 heterocycles. The number of esters is 4. The van der Waals surface area contributed by atoms with Crippen molar-refractivity contribution >= 4 is 23.9 Å². The number of nitrogens with zero attached hydrogens (tertiary/aromatic N) is 1. The first-order valence-electron chi connectivity index (χ1n) is 30.6. The molecule has 0 aliphatic heterocycles. The maximum absolute atomic E-state index is 13.2. The summed E-state index contributed by atoms with van der Waals surface area (Å²) in [5, 5.41) is 0. The molecular formula is C61H111NO10. The Morgan fingerprint density at radius 3 is 1.15 bits per heavy atom. The molecule has 4 fully saturated rings. The van der Waals surface area contributed by atoms with E-state index in [0.29, 0.717) is 90.5 Å². The van der Waals surface area contributed by atoms with Gasteiger partial charge >= 0.3 is 23.9 Å². The molecule has 0 aromatic carbocycles. The SMILES string of the molecule is CCCCCCCCOC(CCC(=O)OCCCC12CC3CC(CCCOC(=O)CCCCOC(=O)CCCCCCCC)(CC(CCCOC(=O)CCCN(CC)CC)(C3)C1)C2)OCCCCCCCC. The topological polar surface area (TPSA) is 127 Å². The predicted octanol–water partition coefficient (Wildman–Crippen LogP) is 15.4. The standard InChI is InChI=1S/C61H111NO10/c1-6-11-14-17-20-23-32-54(63)67-41-27-24-33-55(64)68-44-29-37-59-47-53-48-60(50-59,38-30-45-69-56(65)34-28-40-62(9-4)10-5)52-61(49-53,51-59)39-31-46-70-57(66)35-36-58(71-42-25-21-18-15-12-7-2)72-43-26-22-19-16-13-8-3/h53,58H,6-52H2,1-5H3. The quantitative estimate of drug-likeness (QED) is 0.0250. The summed E-state index contributed by atoms with van der Waals surface area (Å²) in [5.41, 5.74) is 0.643. The average Bonchev–Trinajstić information content (AvgIpc) is 3.35. The molecule has 11 heteroatoms. The van der Waals surface area contributed by atoms with Gasteiger partial charge in [-0.3, -0.25) is 19.2 Å². The van der Waals surface area contributed by atoms with Crippen molar-refractivity contribution < 1.29 is 47.6 Å². The van der Waals surface area contributed by atoms with Crippen molar-refractivity contribution in [1.29, 1.82) is 0 Å². The molecule has 4 unspecified atom stereocenters. The summed E-state index contributed by atoms with van der Waals surface area (Å²) in [6.45, 7) is 17.0. The van der Waals surface area contributed by atoms with Gasteiger partial charge in [0.1, 0.15) is 0 Å². The van der Waals surface area contributed by atoms with Crippen molar-refractivity contribution in [2.45, 2.75) is 285 Å². The highest BCUT2D eigenvalue weighted by atomic mass is 16.7. The lowest BCUT2D eigenvalue weighted by atomic mass is 9.37. The maximum Gasteiger partial charge on any atom is 0.305 e. The minimum Gasteiger partial charge on any atom is -0.466 e. The van der Waals surface area contributed by atoms with Gasteiger partial charge in [0, 0.05) is 38.9 Å². The highest BCUT2D eigenvalue weighted by Gasteiger charge is 2.62. The van der Waals surface area contributed by atoms with Crippen LogP contribution < -0.4 is 0 Å². The van der Waals surface area contributed by atoms with Crippen LogP contribution in [0.5, 0.6) is 0 Å². The van der Waals surface area contributed by atoms with Gasteiger partial charge in [-0.15, -0.1) is 0 Å². The van der Waals surface area contributed by atoms with E-state index in [1.165, 1.54) is 128 Å². The lowest BCUT2D eigenvalue weighted by Crippen LogP contribution is -2.57. The van der Waals surface area contributed by atoms with Gasteiger partial charge in [0.2, 0.25) is 0 Å². The van der Waals surface area contributed by atoms with E-state index in [0.717, 1.165) is 90.3 Å². The molecule has 0 aromatic heterocycles. The highest BCUT2D eigenvalue weighted by molar-refractivity contribution is 5.70. The zero-order valence-corrected chi connectivity index (χ0v) is 47.4. The van der Waals surface area contributed by atoms with Gasteiger partial charge in [0.05, 0.1) is 32.8 Å². The zero-order chi connectivity index (χ0) is 52.0. The molecule has 72 heavy (non-hydrogen) atoms. The van der Waals surface area contributed by atoms with E-state index >= 15 is 0 Å². The molecule has 0 saturated heterocycles. The number of carbonyl (C=O) groups is 4. The van der Waals surface area contributed by atoms with Crippen LogP contribution in [0.1, 0.15) is 279 Å². The molecule has 0 radical (unpaired) electrons. The predicted molar refractivity (Wildman–Crippen MR) is 291 cm³/mol. The summed E-state index contributed by atoms with van der Waals surface area (Å²) >= 11 is 0. The normalized spacial score (nSPS) is 21.2. The molecule has 0 aromatic rings. The second-order valence-corrected chi connectivity index (χ2v) is 23.1. The molecule has 0 N–H and O–H groups in total. The van der Waals surface area contributed by atoms with Crippen LogP contribution in [0.3, 0.4) is 0 Å². The third kappa shape index (κ3) is 28.1. The minimum atomic E-state index is -0.366. The van der Waals surface area contributed by atoms with Gasteiger partial charge in [0.25, 0.3) is 0 Å². The van der Waals surface area contributed by atoms with Crippen molar-refractivity contribution in [3.05, 3.63) is 0 Å². The third-order valence-electron chi connectivity index (χ3n) is 16.5. The fourth-order valence-corrected chi connectivity index (χ4v) is 13.3. The van der Waals surface area contributed by atoms with Crippen LogP contribution in [0.15, 0.2) is 0 Å². The van der Waals surface area contributed by atoms with E-state index in [-0.39, 0.29) is 46.4 Å². The van der Waals surface area contributed by atoms with Crippen LogP contribution in [0, 0.1) is 22.2 Å². The first-order chi connectivity index (χ1) is 35.0. The van der Waals surface area contributed by atoms with Gasteiger partial charge in [-0.1, -0.05) is 131 Å². The highest BCUT2D eigenvalue weighted by Crippen LogP contribution is 2.73. The Hall–Kier alpha value is -2.24. The summed E-state index contributed by atoms with van der Waals surface area (Å²) in [6.07, 6.45) is 38.4. The second-order valence-electron chi connectivity index (χ2n) is 23.1. The van der Waals surface area contributed by atoms with Crippen molar-refractivity contribution in [3.8, 4) is 0 Å². The number of hydrogen-bond donors (Lipinski definition) is 0. The Morgan fingerprint density at radius 2 is 0.736 bits per heavy atom. The smallest absolute Gasteiger partial charge is 0.305 e. The Labute approximate surface area is 441 Å². The van der Waals surface area contributed by atoms with Gasteiger partial charge in [-0.2, -0.15) is 0 Å². The Bertz CT molecular complexity index is 1400. The van der Waals surface area contributed by atoms with Crippen molar-refractivity contribution in [3.63, 3.8) is 0 Å². The van der Waals surface area contributed by atoms with Gasteiger partial charge < -0.3 is 33.3 Å². The molecule has 4 saturated carbocycles. The number of ether oxygens (including phenoxy) is 6. The molecule has 0 amide bonds. The van der Waals surface area contributed by atoms with E-state index in [2.05, 4.69) is 39.5 Å². The summed E-state index contributed by atoms with van der Waals surface area (Å²) < 4.78 is 35.4. The molecule has 0 spiro atoms. The molecule has 11 nitrogen and oxygen atoms in total. The zero-order valence-electron chi connectivity index (χ0n) is 47.4. The van der Waals surface area contributed by atoms with Crippen LogP contribution in [-0.2, 0) is 47.6 Å². The van der Waals surface area contributed by atoms with E-state index < -0.39 is 0 Å². The summed E-state index contributed by atoms with van der Waals surface area (Å²) in [7, 11) is 0. The van der Waals surface area contributed by atoms with Crippen LogP contribution in [0.2, 0.25) is 0 Å². The number of hydrogen-bond acceptors (Lipinski definition) is 11. The monoisotopic (exact) mass is 1020 g/mol. The summed E-state index contributed by atoms with van der Waals surface area (Å²) in [5.74, 6) is 0.126. The van der Waals surface area contributed by atoms with Gasteiger partial charge in [0.15, 0.2) is 6.29 Å². The summed E-state index contributed by atoms with van der Waals surface area (Å²) in [4.78, 5) is 53.1. The fourth-order valence-electron chi connectivity index (χ4n) is 13.3. The summed E-state index contributed by atoms with van der Waals surface area (Å²) in [6, 6.07) is 0. The molecule has 4 bridgehead atoms. The Balaban J connectivity index is 1.49. The Kier molecular flexibility index (Phi) is 34.9. The van der Waals surface area contributed by atoms with Gasteiger partial charge in [-0.25, -0.2) is 0 Å². The molecule has 4 rings (SSSR count). The maximum atomic E-state index is 13.2. The fraction of sp³-hybridized carbons (Fsp3) is 0.934. The van der Waals surface area contributed by atoms with E-state index in [1.807, 2.05) is 0 Å². The molecule has 4 aliphatic rings. The third-order valence-corrected chi connectivity index (χ3v) is 16.5. The average molecular weight is 1020 g/mol. The molecule has 4 aliphatic carbocycles. The largest absolute Gasteiger partial charge is 0.466 e. The minimum absolute atomic E-state index is 0.0798. The van der Waals surface area contributed by atoms with E-state index in [4.69, 9.17) is 28.4 Å². The van der Waals surface area contributed by atoms with Crippen LogP contribution in [0.25, 0.3) is 0 Å². The Morgan fingerprint density at radius 1 is 0.403 bits per heavy atom. The van der Waals surface area contributed by atoms with Crippen LogP contribution in [-0.4, -0.2) is 94.3 Å². The van der Waals surface area contributed by atoms with Crippen molar-refractivity contribution in [2.24, 2.45) is 22.2 Å². The molecular weight excluding hydrogens is 907 g/mol. The lowest BCUT2D eigenvalue weighted by Gasteiger charge is -2.67. The molecule has 420 valence electrons. The van der Waals surface area contributed by atoms with Crippen LogP contribution >= 0.6 is 0 Å². The second kappa shape index (κ2) is 39.2.